The van der Waals surface area contributed by atoms with Crippen LogP contribution in [0.25, 0.3) is 0 Å². The molecule has 5 atom stereocenters. The van der Waals surface area contributed by atoms with Crippen LogP contribution in [0.4, 0.5) is 0 Å². The van der Waals surface area contributed by atoms with E-state index in [0.29, 0.717) is 19.4 Å². The van der Waals surface area contributed by atoms with E-state index in [1.165, 1.54) is 0 Å². The van der Waals surface area contributed by atoms with Crippen molar-refractivity contribution >= 4 is 13.8 Å². The Kier molecular flexibility index (Phi) is 16.8. The van der Waals surface area contributed by atoms with Gasteiger partial charge in [-0.1, -0.05) is 118 Å². The van der Waals surface area contributed by atoms with Crippen molar-refractivity contribution in [2.24, 2.45) is 5.41 Å². The summed E-state index contributed by atoms with van der Waals surface area (Å²) in [4.78, 5) is 13.6. The average Bonchev–Trinajstić information content (AvgIpc) is 3.12. The molecule has 5 unspecified atom stereocenters. The van der Waals surface area contributed by atoms with Crippen molar-refractivity contribution in [1.82, 2.24) is 0 Å². The Hall–Kier alpha value is -2.92. The fourth-order valence-electron chi connectivity index (χ4n) is 5.18. The van der Waals surface area contributed by atoms with Crippen LogP contribution in [0.3, 0.4) is 0 Å². The molecular weight excluding hydrogens is 671 g/mol. The maximum atomic E-state index is 14.3. The highest BCUT2D eigenvalue weighted by atomic mass is 31.2. The number of unbranched alkanes of at least 4 members (excludes halogenated alkanes) is 2. The highest BCUT2D eigenvalue weighted by molar-refractivity contribution is 7.48. The predicted octanol–water partition coefficient (Wildman–Crippen LogP) is 8.81. The molecule has 1 aliphatic heterocycles. The molecule has 0 N–H and O–H groups in total. The second-order valence-corrected chi connectivity index (χ2v) is 15.2. The van der Waals surface area contributed by atoms with Gasteiger partial charge >= 0.3 is 13.8 Å². The van der Waals surface area contributed by atoms with Crippen molar-refractivity contribution in [1.29, 1.82) is 0 Å². The SMILES string of the molecule is CCCCOP(=O)(OCCCC)OC1OC(COCc2ccccc2)C(OCc2ccccc2)C(OCc2ccccc2)C1OC(=O)C(C)(C)C. The van der Waals surface area contributed by atoms with Crippen LogP contribution in [0.5, 0.6) is 0 Å². The van der Waals surface area contributed by atoms with Gasteiger partial charge in [-0.15, -0.1) is 0 Å². The summed E-state index contributed by atoms with van der Waals surface area (Å²) in [5.74, 6) is -0.521. The minimum atomic E-state index is -4.21. The Labute approximate surface area is 303 Å². The van der Waals surface area contributed by atoms with Gasteiger partial charge < -0.3 is 23.7 Å². The van der Waals surface area contributed by atoms with Crippen LogP contribution in [0, 0.1) is 5.41 Å². The maximum Gasteiger partial charge on any atom is 0.477 e. The topological polar surface area (TPSA) is 108 Å². The third-order valence-electron chi connectivity index (χ3n) is 8.14. The molecule has 11 heteroatoms. The number of hydrogen-bond acceptors (Lipinski definition) is 10. The lowest BCUT2D eigenvalue weighted by molar-refractivity contribution is -0.307. The van der Waals surface area contributed by atoms with E-state index in [4.69, 9.17) is 37.3 Å². The van der Waals surface area contributed by atoms with Crippen LogP contribution in [0.1, 0.15) is 77.0 Å². The van der Waals surface area contributed by atoms with Crippen LogP contribution in [0.15, 0.2) is 91.0 Å². The Morgan fingerprint density at radius 3 is 1.63 bits per heavy atom. The molecule has 0 aromatic heterocycles. The fraction of sp³-hybridized carbons (Fsp3) is 0.525. The maximum absolute atomic E-state index is 14.3. The molecule has 0 saturated carbocycles. The van der Waals surface area contributed by atoms with Gasteiger partial charge in [0, 0.05) is 0 Å². The number of benzene rings is 3. The van der Waals surface area contributed by atoms with Gasteiger partial charge in [0.05, 0.1) is 45.1 Å². The van der Waals surface area contributed by atoms with Gasteiger partial charge in [-0.25, -0.2) is 4.57 Å². The van der Waals surface area contributed by atoms with E-state index in [2.05, 4.69) is 0 Å². The summed E-state index contributed by atoms with van der Waals surface area (Å²) in [6.07, 6.45) is -2.24. The molecule has 0 radical (unpaired) electrons. The third kappa shape index (κ3) is 13.5. The van der Waals surface area contributed by atoms with E-state index in [1.807, 2.05) is 105 Å². The summed E-state index contributed by atoms with van der Waals surface area (Å²) in [6, 6.07) is 29.2. The number of phosphoric ester groups is 1. The molecule has 51 heavy (non-hydrogen) atoms. The zero-order chi connectivity index (χ0) is 36.5. The van der Waals surface area contributed by atoms with Gasteiger partial charge in [0.25, 0.3) is 0 Å². The number of hydrogen-bond donors (Lipinski definition) is 0. The van der Waals surface area contributed by atoms with E-state index in [0.717, 1.165) is 29.5 Å². The fourth-order valence-corrected chi connectivity index (χ4v) is 6.51. The van der Waals surface area contributed by atoms with Crippen molar-refractivity contribution in [3.8, 4) is 0 Å². The highest BCUT2D eigenvalue weighted by Gasteiger charge is 2.53. The number of carbonyl (C=O) groups excluding carboxylic acids is 1. The van der Waals surface area contributed by atoms with E-state index < -0.39 is 49.9 Å². The van der Waals surface area contributed by atoms with Gasteiger partial charge in [-0.2, -0.15) is 0 Å². The monoisotopic (exact) mass is 726 g/mol. The van der Waals surface area contributed by atoms with Gasteiger partial charge in [-0.05, 0) is 50.3 Å². The molecule has 4 rings (SSSR count). The van der Waals surface area contributed by atoms with Crippen molar-refractivity contribution in [2.45, 2.75) is 111 Å². The lowest BCUT2D eigenvalue weighted by atomic mass is 9.95. The lowest BCUT2D eigenvalue weighted by Gasteiger charge is -2.46. The quantitative estimate of drug-likeness (QED) is 0.0600. The normalized spacial score (nSPS) is 21.0. The molecule has 3 aromatic rings. The van der Waals surface area contributed by atoms with Crippen molar-refractivity contribution in [3.05, 3.63) is 108 Å². The number of ether oxygens (including phenoxy) is 5. The Morgan fingerprint density at radius 2 is 1.16 bits per heavy atom. The second kappa shape index (κ2) is 20.9. The predicted molar refractivity (Wildman–Crippen MR) is 195 cm³/mol. The van der Waals surface area contributed by atoms with Crippen LogP contribution in [-0.4, -0.2) is 56.5 Å². The minimum Gasteiger partial charge on any atom is -0.454 e. The van der Waals surface area contributed by atoms with Gasteiger partial charge in [0.1, 0.15) is 18.3 Å². The van der Waals surface area contributed by atoms with E-state index in [-0.39, 0.29) is 33.0 Å². The molecule has 1 fully saturated rings. The van der Waals surface area contributed by atoms with Crippen molar-refractivity contribution < 1.29 is 46.6 Å². The van der Waals surface area contributed by atoms with E-state index >= 15 is 0 Å². The Bertz CT molecular complexity index is 1440. The van der Waals surface area contributed by atoms with Crippen LogP contribution in [-0.2, 0) is 66.4 Å². The summed E-state index contributed by atoms with van der Waals surface area (Å²) in [7, 11) is -4.21. The molecule has 0 bridgehead atoms. The molecule has 1 heterocycles. The summed E-state index contributed by atoms with van der Waals surface area (Å²) in [5.41, 5.74) is 1.93. The first kappa shape index (κ1) is 40.8. The smallest absolute Gasteiger partial charge is 0.454 e. The standard InChI is InChI=1S/C40H55O10P/c1-6-8-25-46-51(42,47-26-9-7-2)50-38-37(49-39(41)40(3,4)5)36(45-29-33-23-17-12-18-24-33)35(44-28-32-21-15-11-16-22-32)34(48-38)30-43-27-31-19-13-10-14-20-31/h10-24,34-38H,6-9,25-30H2,1-5H3. The zero-order valence-corrected chi connectivity index (χ0v) is 31.5. The first-order valence-electron chi connectivity index (χ1n) is 18.0. The first-order valence-corrected chi connectivity index (χ1v) is 19.4. The third-order valence-corrected chi connectivity index (χ3v) is 9.60. The summed E-state index contributed by atoms with van der Waals surface area (Å²) >= 11 is 0. The molecule has 280 valence electrons. The molecule has 10 nitrogen and oxygen atoms in total. The Morgan fingerprint density at radius 1 is 0.686 bits per heavy atom. The first-order chi connectivity index (χ1) is 24.6. The molecular formula is C40H55O10P. The summed E-state index contributed by atoms with van der Waals surface area (Å²) in [6.45, 7) is 10.3. The van der Waals surface area contributed by atoms with Crippen LogP contribution in [0.2, 0.25) is 0 Å². The number of phosphoric acid groups is 1. The van der Waals surface area contributed by atoms with E-state index in [9.17, 15) is 9.36 Å². The molecule has 3 aromatic carbocycles. The molecule has 0 amide bonds. The molecule has 1 saturated heterocycles. The van der Waals surface area contributed by atoms with Crippen molar-refractivity contribution in [2.75, 3.05) is 19.8 Å². The minimum absolute atomic E-state index is 0.0665. The van der Waals surface area contributed by atoms with Crippen LogP contribution >= 0.6 is 7.82 Å². The summed E-state index contributed by atoms with van der Waals surface area (Å²) in [5, 5.41) is 0. The molecule has 1 aliphatic rings. The largest absolute Gasteiger partial charge is 0.477 e. The molecule has 0 spiro atoms. The van der Waals surface area contributed by atoms with Gasteiger partial charge in [0.15, 0.2) is 6.10 Å². The Balaban J connectivity index is 1.73. The number of esters is 1. The number of carbonyl (C=O) groups is 1. The highest BCUT2D eigenvalue weighted by Crippen LogP contribution is 2.53. The van der Waals surface area contributed by atoms with Crippen molar-refractivity contribution in [3.63, 3.8) is 0 Å². The average molecular weight is 727 g/mol. The number of rotatable bonds is 21. The van der Waals surface area contributed by atoms with Gasteiger partial charge in [-0.3, -0.25) is 18.4 Å². The van der Waals surface area contributed by atoms with Crippen LogP contribution < -0.4 is 0 Å². The molecule has 0 aliphatic carbocycles. The zero-order valence-electron chi connectivity index (χ0n) is 30.6. The lowest BCUT2D eigenvalue weighted by Crippen LogP contribution is -2.62. The van der Waals surface area contributed by atoms with Gasteiger partial charge in [0.2, 0.25) is 6.29 Å². The summed E-state index contributed by atoms with van der Waals surface area (Å²) < 4.78 is 64.3. The second-order valence-electron chi connectivity index (χ2n) is 13.6. The van der Waals surface area contributed by atoms with E-state index in [1.54, 1.807) is 20.8 Å².